The fourth-order valence-electron chi connectivity index (χ4n) is 2.49. The highest BCUT2D eigenvalue weighted by molar-refractivity contribution is 5.97. The van der Waals surface area contributed by atoms with Crippen molar-refractivity contribution < 1.29 is 9.90 Å². The van der Waals surface area contributed by atoms with Gasteiger partial charge >= 0.3 is 0 Å². The molecule has 1 aliphatic rings. The van der Waals surface area contributed by atoms with Crippen LogP contribution in [0, 0.1) is 6.92 Å². The maximum atomic E-state index is 12.4. The Labute approximate surface area is 107 Å². The second-order valence-electron chi connectivity index (χ2n) is 4.90. The number of amides is 1. The van der Waals surface area contributed by atoms with Crippen molar-refractivity contribution in [3.63, 3.8) is 0 Å². The van der Waals surface area contributed by atoms with Crippen molar-refractivity contribution in [2.45, 2.75) is 32.2 Å². The molecule has 98 valence electrons. The van der Waals surface area contributed by atoms with Gasteiger partial charge in [0.05, 0.1) is 5.56 Å². The molecule has 0 spiro atoms. The van der Waals surface area contributed by atoms with Crippen LogP contribution >= 0.6 is 0 Å². The molecule has 18 heavy (non-hydrogen) atoms. The molecule has 0 saturated carbocycles. The predicted octanol–water partition coefficient (Wildman–Crippen LogP) is 1.65. The van der Waals surface area contributed by atoms with Gasteiger partial charge in [0.1, 0.15) is 5.75 Å². The molecular formula is C14H20N2O2. The van der Waals surface area contributed by atoms with Crippen LogP contribution < -0.4 is 5.73 Å². The monoisotopic (exact) mass is 248 g/mol. The van der Waals surface area contributed by atoms with Crippen LogP contribution in [0.5, 0.6) is 5.75 Å². The summed E-state index contributed by atoms with van der Waals surface area (Å²) in [5.41, 5.74) is 7.03. The number of phenolic OH excluding ortho intramolecular Hbond substituents is 1. The molecule has 4 heteroatoms. The van der Waals surface area contributed by atoms with Gasteiger partial charge in [0.15, 0.2) is 0 Å². The summed E-state index contributed by atoms with van der Waals surface area (Å²) in [6, 6.07) is 5.25. The number of hydrogen-bond acceptors (Lipinski definition) is 3. The largest absolute Gasteiger partial charge is 0.507 e. The number of nitrogens with zero attached hydrogens (tertiary/aromatic N) is 1. The van der Waals surface area contributed by atoms with Gasteiger partial charge in [-0.25, -0.2) is 0 Å². The molecule has 1 aromatic carbocycles. The van der Waals surface area contributed by atoms with E-state index in [1.54, 1.807) is 17.0 Å². The molecule has 3 N–H and O–H groups in total. The molecule has 2 rings (SSSR count). The van der Waals surface area contributed by atoms with Crippen LogP contribution in [0.1, 0.15) is 35.2 Å². The van der Waals surface area contributed by atoms with Crippen LogP contribution in [0.3, 0.4) is 0 Å². The minimum absolute atomic E-state index is 0.0568. The topological polar surface area (TPSA) is 66.6 Å². The smallest absolute Gasteiger partial charge is 0.257 e. The molecule has 0 aliphatic carbocycles. The number of piperidine rings is 1. The molecule has 0 bridgehead atoms. The summed E-state index contributed by atoms with van der Waals surface area (Å²) in [5, 5.41) is 9.87. The Morgan fingerprint density at radius 3 is 2.94 bits per heavy atom. The molecule has 1 saturated heterocycles. The summed E-state index contributed by atoms with van der Waals surface area (Å²) >= 11 is 0. The summed E-state index contributed by atoms with van der Waals surface area (Å²) in [4.78, 5) is 14.2. The van der Waals surface area contributed by atoms with E-state index >= 15 is 0 Å². The van der Waals surface area contributed by atoms with Crippen LogP contribution in [0.4, 0.5) is 0 Å². The lowest BCUT2D eigenvalue weighted by atomic mass is 10.0. The first kappa shape index (κ1) is 12.9. The van der Waals surface area contributed by atoms with Crippen molar-refractivity contribution in [2.75, 3.05) is 13.1 Å². The van der Waals surface area contributed by atoms with Gasteiger partial charge in [0.2, 0.25) is 0 Å². The van der Waals surface area contributed by atoms with E-state index in [0.29, 0.717) is 12.1 Å². The number of hydrogen-bond donors (Lipinski definition) is 2. The molecule has 1 aromatic rings. The average Bonchev–Trinajstić information content (AvgIpc) is 2.38. The Balaban J connectivity index is 2.24. The van der Waals surface area contributed by atoms with E-state index in [4.69, 9.17) is 5.73 Å². The Kier molecular flexibility index (Phi) is 3.87. The minimum atomic E-state index is -0.109. The van der Waals surface area contributed by atoms with Gasteiger partial charge in [-0.1, -0.05) is 6.07 Å². The third kappa shape index (κ3) is 2.48. The Morgan fingerprint density at radius 1 is 1.50 bits per heavy atom. The summed E-state index contributed by atoms with van der Waals surface area (Å²) in [6.07, 6.45) is 3.08. The molecule has 0 aromatic heterocycles. The maximum Gasteiger partial charge on any atom is 0.257 e. The molecule has 1 fully saturated rings. The second-order valence-corrected chi connectivity index (χ2v) is 4.90. The van der Waals surface area contributed by atoms with Crippen molar-refractivity contribution in [1.82, 2.24) is 4.90 Å². The fraction of sp³-hybridized carbons (Fsp3) is 0.500. The molecular weight excluding hydrogens is 228 g/mol. The summed E-state index contributed by atoms with van der Waals surface area (Å²) in [6.45, 7) is 3.10. The Morgan fingerprint density at radius 2 is 2.28 bits per heavy atom. The van der Waals surface area contributed by atoms with E-state index in [1.165, 1.54) is 0 Å². The van der Waals surface area contributed by atoms with Gasteiger partial charge in [0.25, 0.3) is 5.91 Å². The lowest BCUT2D eigenvalue weighted by molar-refractivity contribution is 0.0620. The van der Waals surface area contributed by atoms with Crippen LogP contribution in [-0.4, -0.2) is 35.0 Å². The first-order chi connectivity index (χ1) is 8.63. The molecule has 1 heterocycles. The van der Waals surface area contributed by atoms with E-state index < -0.39 is 0 Å². The van der Waals surface area contributed by atoms with Crippen molar-refractivity contribution >= 4 is 5.91 Å². The van der Waals surface area contributed by atoms with Crippen molar-refractivity contribution in [2.24, 2.45) is 5.73 Å². The first-order valence-corrected chi connectivity index (χ1v) is 6.44. The van der Waals surface area contributed by atoms with E-state index in [-0.39, 0.29) is 17.7 Å². The van der Waals surface area contributed by atoms with Crippen LogP contribution in [0.15, 0.2) is 18.2 Å². The van der Waals surface area contributed by atoms with Gasteiger partial charge < -0.3 is 15.7 Å². The molecule has 1 unspecified atom stereocenters. The molecule has 1 atom stereocenters. The second kappa shape index (κ2) is 5.40. The SMILES string of the molecule is Cc1ccc(C(=O)N2CCCCC2CN)c(O)c1. The normalized spacial score (nSPS) is 19.9. The molecule has 4 nitrogen and oxygen atoms in total. The van der Waals surface area contributed by atoms with Crippen LogP contribution in [0.25, 0.3) is 0 Å². The Bertz CT molecular complexity index is 445. The average molecular weight is 248 g/mol. The highest BCUT2D eigenvalue weighted by Gasteiger charge is 2.27. The number of rotatable bonds is 2. The highest BCUT2D eigenvalue weighted by Crippen LogP contribution is 2.24. The number of carbonyl (C=O) groups excluding carboxylic acids is 1. The van der Waals surface area contributed by atoms with E-state index in [1.807, 2.05) is 13.0 Å². The van der Waals surface area contributed by atoms with Gasteiger partial charge in [-0.2, -0.15) is 0 Å². The summed E-state index contributed by atoms with van der Waals surface area (Å²) < 4.78 is 0. The summed E-state index contributed by atoms with van der Waals surface area (Å²) in [7, 11) is 0. The van der Waals surface area contributed by atoms with Crippen LogP contribution in [0.2, 0.25) is 0 Å². The molecule has 1 aliphatic heterocycles. The minimum Gasteiger partial charge on any atom is -0.507 e. The van der Waals surface area contributed by atoms with Crippen molar-refractivity contribution in [3.05, 3.63) is 29.3 Å². The lowest BCUT2D eigenvalue weighted by Gasteiger charge is -2.35. The van der Waals surface area contributed by atoms with Crippen LogP contribution in [-0.2, 0) is 0 Å². The van der Waals surface area contributed by atoms with E-state index in [2.05, 4.69) is 0 Å². The molecule has 0 radical (unpaired) electrons. The van der Waals surface area contributed by atoms with Gasteiger partial charge in [-0.15, -0.1) is 0 Å². The highest BCUT2D eigenvalue weighted by atomic mass is 16.3. The standard InChI is InChI=1S/C14H20N2O2/c1-10-5-6-12(13(17)8-10)14(18)16-7-3-2-4-11(16)9-15/h5-6,8,11,17H,2-4,7,9,15H2,1H3. The van der Waals surface area contributed by atoms with Gasteiger partial charge in [0, 0.05) is 19.1 Å². The molecule has 1 amide bonds. The van der Waals surface area contributed by atoms with Crippen molar-refractivity contribution in [1.29, 1.82) is 0 Å². The zero-order valence-corrected chi connectivity index (χ0v) is 10.7. The van der Waals surface area contributed by atoms with E-state index in [0.717, 1.165) is 31.4 Å². The number of benzene rings is 1. The number of aryl methyl sites for hydroxylation is 1. The predicted molar refractivity (Wildman–Crippen MR) is 70.6 cm³/mol. The lowest BCUT2D eigenvalue weighted by Crippen LogP contribution is -2.47. The fourth-order valence-corrected chi connectivity index (χ4v) is 2.49. The van der Waals surface area contributed by atoms with E-state index in [9.17, 15) is 9.90 Å². The number of carbonyl (C=O) groups is 1. The first-order valence-electron chi connectivity index (χ1n) is 6.44. The van der Waals surface area contributed by atoms with Gasteiger partial charge in [-0.3, -0.25) is 4.79 Å². The zero-order valence-electron chi connectivity index (χ0n) is 10.7. The third-order valence-corrected chi connectivity index (χ3v) is 3.54. The number of phenols is 1. The van der Waals surface area contributed by atoms with Gasteiger partial charge in [-0.05, 0) is 43.9 Å². The maximum absolute atomic E-state index is 12.4. The quantitative estimate of drug-likeness (QED) is 0.836. The zero-order chi connectivity index (χ0) is 13.1. The Hall–Kier alpha value is -1.55. The third-order valence-electron chi connectivity index (χ3n) is 3.54. The summed E-state index contributed by atoms with van der Waals surface area (Å²) in [5.74, 6) is -0.0519. The number of aromatic hydroxyl groups is 1. The van der Waals surface area contributed by atoms with Crippen molar-refractivity contribution in [3.8, 4) is 5.75 Å². The number of nitrogens with two attached hydrogens (primary N) is 1. The number of likely N-dealkylation sites (tertiary alicyclic amines) is 1.